The van der Waals surface area contributed by atoms with Crippen LogP contribution in [-0.2, 0) is 0 Å². The molecular formula is C19H13N3O. The molecule has 4 nitrogen and oxygen atoms in total. The summed E-state index contributed by atoms with van der Waals surface area (Å²) in [5, 5.41) is 0. The second-order valence-electron chi connectivity index (χ2n) is 5.23. The number of benzene rings is 1. The molecule has 0 fully saturated rings. The van der Waals surface area contributed by atoms with E-state index in [0.29, 0.717) is 11.3 Å². The third-order valence-corrected chi connectivity index (χ3v) is 3.74. The fourth-order valence-corrected chi connectivity index (χ4v) is 2.57. The van der Waals surface area contributed by atoms with Crippen LogP contribution in [0.2, 0.25) is 0 Å². The first-order chi connectivity index (χ1) is 11.3. The summed E-state index contributed by atoms with van der Waals surface area (Å²) < 4.78 is 1.58. The Labute approximate surface area is 132 Å². The summed E-state index contributed by atoms with van der Waals surface area (Å²) in [4.78, 5) is 21.0. The van der Waals surface area contributed by atoms with E-state index in [0.717, 1.165) is 16.7 Å². The number of hydrogen-bond acceptors (Lipinski definition) is 3. The van der Waals surface area contributed by atoms with Crippen molar-refractivity contribution in [3.8, 4) is 22.4 Å². The largest absolute Gasteiger partial charge is 0.269 e. The van der Waals surface area contributed by atoms with Gasteiger partial charge in [-0.25, -0.2) is 4.98 Å². The lowest BCUT2D eigenvalue weighted by Crippen LogP contribution is -2.14. The third-order valence-electron chi connectivity index (χ3n) is 3.74. The summed E-state index contributed by atoms with van der Waals surface area (Å²) in [6, 6.07) is 19.1. The maximum Gasteiger partial charge on any atom is 0.258 e. The van der Waals surface area contributed by atoms with Crippen molar-refractivity contribution in [3.63, 3.8) is 0 Å². The summed E-state index contributed by atoms with van der Waals surface area (Å²) in [6.45, 7) is 0. The Kier molecular flexibility index (Phi) is 3.20. The summed E-state index contributed by atoms with van der Waals surface area (Å²) >= 11 is 0. The van der Waals surface area contributed by atoms with Crippen LogP contribution in [-0.4, -0.2) is 14.4 Å². The van der Waals surface area contributed by atoms with Crippen LogP contribution in [0.15, 0.2) is 84.0 Å². The van der Waals surface area contributed by atoms with E-state index in [1.807, 2.05) is 60.8 Å². The van der Waals surface area contributed by atoms with Crippen molar-refractivity contribution in [2.24, 2.45) is 0 Å². The first-order valence-electron chi connectivity index (χ1n) is 7.30. The second-order valence-corrected chi connectivity index (χ2v) is 5.23. The SMILES string of the molecule is O=c1cc(-c2ccncc2)nc2ccc(-c3ccccc3)cn12. The minimum Gasteiger partial charge on any atom is -0.269 e. The normalized spacial score (nSPS) is 10.8. The predicted octanol–water partition coefficient (Wildman–Crippen LogP) is 3.42. The number of rotatable bonds is 2. The van der Waals surface area contributed by atoms with Gasteiger partial charge in [-0.2, -0.15) is 0 Å². The molecule has 0 spiro atoms. The van der Waals surface area contributed by atoms with Gasteiger partial charge in [0.25, 0.3) is 5.56 Å². The Bertz CT molecular complexity index is 1020. The van der Waals surface area contributed by atoms with Gasteiger partial charge in [-0.3, -0.25) is 14.2 Å². The summed E-state index contributed by atoms with van der Waals surface area (Å²) in [5.74, 6) is 0. The van der Waals surface area contributed by atoms with E-state index < -0.39 is 0 Å². The van der Waals surface area contributed by atoms with Crippen molar-refractivity contribution in [2.75, 3.05) is 0 Å². The van der Waals surface area contributed by atoms with Crippen LogP contribution in [0.4, 0.5) is 0 Å². The van der Waals surface area contributed by atoms with Gasteiger partial charge in [0.2, 0.25) is 0 Å². The van der Waals surface area contributed by atoms with Crippen LogP contribution < -0.4 is 5.56 Å². The number of nitrogens with zero attached hydrogens (tertiary/aromatic N) is 3. The van der Waals surface area contributed by atoms with Crippen LogP contribution in [0.1, 0.15) is 0 Å². The van der Waals surface area contributed by atoms with Gasteiger partial charge < -0.3 is 0 Å². The Hall–Kier alpha value is -3.27. The van der Waals surface area contributed by atoms with Crippen LogP contribution in [0.25, 0.3) is 28.0 Å². The summed E-state index contributed by atoms with van der Waals surface area (Å²) in [6.07, 6.45) is 5.21. The van der Waals surface area contributed by atoms with Crippen LogP contribution in [0.5, 0.6) is 0 Å². The zero-order chi connectivity index (χ0) is 15.6. The Morgan fingerprint density at radius 3 is 2.35 bits per heavy atom. The van der Waals surface area contributed by atoms with E-state index in [-0.39, 0.29) is 5.56 Å². The zero-order valence-electron chi connectivity index (χ0n) is 12.3. The Balaban J connectivity index is 1.88. The van der Waals surface area contributed by atoms with E-state index in [4.69, 9.17) is 0 Å². The highest BCUT2D eigenvalue weighted by atomic mass is 16.1. The molecule has 0 amide bonds. The zero-order valence-corrected chi connectivity index (χ0v) is 12.3. The quantitative estimate of drug-likeness (QED) is 0.570. The number of aromatic nitrogens is 3. The Morgan fingerprint density at radius 1 is 0.783 bits per heavy atom. The molecule has 0 aliphatic rings. The average molecular weight is 299 g/mol. The fraction of sp³-hybridized carbons (Fsp3) is 0. The molecule has 0 N–H and O–H groups in total. The highest BCUT2D eigenvalue weighted by Gasteiger charge is 2.06. The van der Waals surface area contributed by atoms with Crippen molar-refractivity contribution in [1.82, 2.24) is 14.4 Å². The molecule has 0 aliphatic carbocycles. The highest BCUT2D eigenvalue weighted by molar-refractivity contribution is 5.66. The summed E-state index contributed by atoms with van der Waals surface area (Å²) in [5.41, 5.74) is 4.12. The molecule has 3 heterocycles. The molecule has 0 bridgehead atoms. The minimum atomic E-state index is -0.0976. The fourth-order valence-electron chi connectivity index (χ4n) is 2.57. The van der Waals surface area contributed by atoms with E-state index in [1.165, 1.54) is 0 Å². The molecule has 0 aliphatic heterocycles. The molecule has 1 aromatic carbocycles. The molecule has 0 saturated heterocycles. The highest BCUT2D eigenvalue weighted by Crippen LogP contribution is 2.20. The molecule has 23 heavy (non-hydrogen) atoms. The lowest BCUT2D eigenvalue weighted by atomic mass is 10.1. The van der Waals surface area contributed by atoms with Gasteiger partial charge in [0.1, 0.15) is 5.65 Å². The van der Waals surface area contributed by atoms with Gasteiger partial charge >= 0.3 is 0 Å². The van der Waals surface area contributed by atoms with E-state index in [1.54, 1.807) is 22.9 Å². The monoisotopic (exact) mass is 299 g/mol. The topological polar surface area (TPSA) is 47.3 Å². The van der Waals surface area contributed by atoms with Gasteiger partial charge in [0, 0.05) is 30.2 Å². The van der Waals surface area contributed by atoms with Crippen molar-refractivity contribution in [1.29, 1.82) is 0 Å². The van der Waals surface area contributed by atoms with E-state index in [9.17, 15) is 4.79 Å². The smallest absolute Gasteiger partial charge is 0.258 e. The Morgan fingerprint density at radius 2 is 1.57 bits per heavy atom. The summed E-state index contributed by atoms with van der Waals surface area (Å²) in [7, 11) is 0. The first kappa shape index (κ1) is 13.4. The van der Waals surface area contributed by atoms with Gasteiger partial charge in [-0.15, -0.1) is 0 Å². The molecule has 110 valence electrons. The van der Waals surface area contributed by atoms with Crippen LogP contribution >= 0.6 is 0 Å². The number of pyridine rings is 2. The maximum atomic E-state index is 12.5. The van der Waals surface area contributed by atoms with Crippen molar-refractivity contribution >= 4 is 5.65 Å². The third kappa shape index (κ3) is 2.51. The van der Waals surface area contributed by atoms with Crippen molar-refractivity contribution in [3.05, 3.63) is 89.6 Å². The van der Waals surface area contributed by atoms with Crippen LogP contribution in [0, 0.1) is 0 Å². The molecule has 4 aromatic rings. The van der Waals surface area contributed by atoms with Crippen LogP contribution in [0.3, 0.4) is 0 Å². The average Bonchev–Trinajstić information content (AvgIpc) is 2.63. The molecule has 0 unspecified atom stereocenters. The molecule has 3 aromatic heterocycles. The molecule has 4 heteroatoms. The molecule has 0 atom stereocenters. The maximum absolute atomic E-state index is 12.5. The van der Waals surface area contributed by atoms with Gasteiger partial charge in [0.05, 0.1) is 5.69 Å². The van der Waals surface area contributed by atoms with E-state index >= 15 is 0 Å². The number of hydrogen-bond donors (Lipinski definition) is 0. The molecular weight excluding hydrogens is 286 g/mol. The second kappa shape index (κ2) is 5.50. The number of fused-ring (bicyclic) bond motifs is 1. The van der Waals surface area contributed by atoms with Gasteiger partial charge in [-0.1, -0.05) is 30.3 Å². The van der Waals surface area contributed by atoms with E-state index in [2.05, 4.69) is 9.97 Å². The van der Waals surface area contributed by atoms with Crippen molar-refractivity contribution in [2.45, 2.75) is 0 Å². The minimum absolute atomic E-state index is 0.0976. The predicted molar refractivity (Wildman–Crippen MR) is 90.1 cm³/mol. The first-order valence-corrected chi connectivity index (χ1v) is 7.30. The lowest BCUT2D eigenvalue weighted by molar-refractivity contribution is 1.05. The van der Waals surface area contributed by atoms with Gasteiger partial charge in [-0.05, 0) is 35.4 Å². The molecule has 0 radical (unpaired) electrons. The van der Waals surface area contributed by atoms with Crippen molar-refractivity contribution < 1.29 is 0 Å². The standard InChI is InChI=1S/C19H13N3O/c23-19-12-17(15-8-10-20-11-9-15)21-18-7-6-16(13-22(18)19)14-4-2-1-3-5-14/h1-13H. The lowest BCUT2D eigenvalue weighted by Gasteiger charge is -2.07. The van der Waals surface area contributed by atoms with Gasteiger partial charge in [0.15, 0.2) is 0 Å². The molecule has 0 saturated carbocycles. The molecule has 4 rings (SSSR count).